The third kappa shape index (κ3) is 2.58. The van der Waals surface area contributed by atoms with Gasteiger partial charge in [-0.1, -0.05) is 6.92 Å². The van der Waals surface area contributed by atoms with E-state index in [0.29, 0.717) is 5.95 Å². The van der Waals surface area contributed by atoms with Crippen molar-refractivity contribution in [2.45, 2.75) is 26.3 Å². The molecule has 3 rings (SSSR count). The summed E-state index contributed by atoms with van der Waals surface area (Å²) in [7, 11) is 0. The Morgan fingerprint density at radius 1 is 1.42 bits per heavy atom. The van der Waals surface area contributed by atoms with Gasteiger partial charge in [-0.25, -0.2) is 4.98 Å². The van der Waals surface area contributed by atoms with Gasteiger partial charge in [0.1, 0.15) is 0 Å². The van der Waals surface area contributed by atoms with Gasteiger partial charge >= 0.3 is 0 Å². The van der Waals surface area contributed by atoms with Gasteiger partial charge in [0.2, 0.25) is 5.95 Å². The monoisotopic (exact) mass is 371 g/mol. The molecule has 1 saturated heterocycles. The lowest BCUT2D eigenvalue weighted by atomic mass is 9.82. The van der Waals surface area contributed by atoms with Crippen molar-refractivity contribution in [1.82, 2.24) is 9.55 Å². The van der Waals surface area contributed by atoms with Crippen LogP contribution in [0.25, 0.3) is 11.0 Å². The molecule has 0 bridgehead atoms. The Bertz CT molecular complexity index is 602. The quantitative estimate of drug-likeness (QED) is 0.826. The highest BCUT2D eigenvalue weighted by Gasteiger charge is 2.29. The summed E-state index contributed by atoms with van der Waals surface area (Å²) in [5, 5.41) is 0. The van der Waals surface area contributed by atoms with Gasteiger partial charge in [-0.2, -0.15) is 0 Å². The number of fused-ring (bicyclic) bond motifs is 1. The van der Waals surface area contributed by atoms with E-state index in [2.05, 4.69) is 57.3 Å². The third-order valence-corrected chi connectivity index (χ3v) is 4.65. The molecular formula is C14H18IN3O. The van der Waals surface area contributed by atoms with Gasteiger partial charge in [-0.05, 0) is 59.0 Å². The first-order valence-corrected chi connectivity index (χ1v) is 7.64. The van der Waals surface area contributed by atoms with Crippen LogP contribution in [0.5, 0.6) is 0 Å². The number of rotatable bonds is 2. The lowest BCUT2D eigenvalue weighted by Gasteiger charge is -2.34. The number of nitrogen functional groups attached to an aromatic ring is 1. The fraction of sp³-hybridized carbons (Fsp3) is 0.500. The fourth-order valence-electron chi connectivity index (χ4n) is 2.69. The highest BCUT2D eigenvalue weighted by atomic mass is 127. The molecule has 5 heteroatoms. The van der Waals surface area contributed by atoms with E-state index in [1.165, 1.54) is 3.57 Å². The Hall–Kier alpha value is -0.820. The van der Waals surface area contributed by atoms with Crippen molar-refractivity contribution >= 4 is 39.6 Å². The highest BCUT2D eigenvalue weighted by Crippen LogP contribution is 2.34. The van der Waals surface area contributed by atoms with Crippen LogP contribution in [0.3, 0.4) is 0 Å². The first-order chi connectivity index (χ1) is 9.07. The van der Waals surface area contributed by atoms with Gasteiger partial charge in [0.15, 0.2) is 0 Å². The maximum absolute atomic E-state index is 6.10. The molecule has 1 aliphatic rings. The normalized spacial score (nSPS) is 18.8. The number of hydrogen-bond donors (Lipinski definition) is 1. The zero-order chi connectivity index (χ0) is 13.5. The van der Waals surface area contributed by atoms with E-state index in [0.717, 1.165) is 43.6 Å². The lowest BCUT2D eigenvalue weighted by molar-refractivity contribution is 0.0163. The van der Waals surface area contributed by atoms with Crippen LogP contribution in [-0.4, -0.2) is 22.8 Å². The zero-order valence-electron chi connectivity index (χ0n) is 11.0. The second kappa shape index (κ2) is 4.94. The Kier molecular flexibility index (Phi) is 3.42. The number of nitrogens with zero attached hydrogens (tertiary/aromatic N) is 2. The number of nitrogens with two attached hydrogens (primary N) is 1. The first-order valence-electron chi connectivity index (χ1n) is 6.56. The lowest BCUT2D eigenvalue weighted by Crippen LogP contribution is -2.31. The summed E-state index contributed by atoms with van der Waals surface area (Å²) in [6, 6.07) is 6.30. The molecule has 1 aromatic carbocycles. The van der Waals surface area contributed by atoms with E-state index in [1.54, 1.807) is 0 Å². The molecular weight excluding hydrogens is 353 g/mol. The number of halogens is 1. The van der Waals surface area contributed by atoms with Crippen molar-refractivity contribution in [3.05, 3.63) is 21.8 Å². The Labute approximate surface area is 126 Å². The summed E-state index contributed by atoms with van der Waals surface area (Å²) in [5.74, 6) is 0.615. The molecule has 102 valence electrons. The molecule has 2 N–H and O–H groups in total. The fourth-order valence-corrected chi connectivity index (χ4v) is 3.17. The van der Waals surface area contributed by atoms with Crippen LogP contribution in [-0.2, 0) is 11.3 Å². The molecule has 0 radical (unpaired) electrons. The number of benzene rings is 1. The van der Waals surface area contributed by atoms with E-state index in [1.807, 2.05) is 0 Å². The van der Waals surface area contributed by atoms with Crippen LogP contribution < -0.4 is 5.73 Å². The SMILES string of the molecule is CC1(Cn2c(N)nc3cc(I)ccc32)CCOCC1. The highest BCUT2D eigenvalue weighted by molar-refractivity contribution is 14.1. The second-order valence-electron chi connectivity index (χ2n) is 5.61. The molecule has 19 heavy (non-hydrogen) atoms. The number of anilines is 1. The van der Waals surface area contributed by atoms with Crippen LogP contribution in [0.2, 0.25) is 0 Å². The maximum atomic E-state index is 6.10. The van der Waals surface area contributed by atoms with Crippen molar-refractivity contribution in [2.24, 2.45) is 5.41 Å². The van der Waals surface area contributed by atoms with Crippen molar-refractivity contribution in [1.29, 1.82) is 0 Å². The van der Waals surface area contributed by atoms with Crippen LogP contribution in [0.4, 0.5) is 5.95 Å². The van der Waals surface area contributed by atoms with E-state index < -0.39 is 0 Å². The van der Waals surface area contributed by atoms with Crippen molar-refractivity contribution < 1.29 is 4.74 Å². The van der Waals surface area contributed by atoms with Crippen LogP contribution in [0.15, 0.2) is 18.2 Å². The molecule has 2 heterocycles. The first kappa shape index (κ1) is 13.2. The van der Waals surface area contributed by atoms with Gasteiger partial charge in [-0.15, -0.1) is 0 Å². The van der Waals surface area contributed by atoms with Crippen LogP contribution in [0.1, 0.15) is 19.8 Å². The third-order valence-electron chi connectivity index (χ3n) is 3.98. The number of imidazole rings is 1. The second-order valence-corrected chi connectivity index (χ2v) is 6.86. The summed E-state index contributed by atoms with van der Waals surface area (Å²) >= 11 is 2.30. The van der Waals surface area contributed by atoms with Gasteiger partial charge in [0, 0.05) is 23.3 Å². The minimum atomic E-state index is 0.253. The molecule has 1 aliphatic heterocycles. The molecule has 0 atom stereocenters. The summed E-state index contributed by atoms with van der Waals surface area (Å²) < 4.78 is 8.80. The molecule has 1 aromatic heterocycles. The Balaban J connectivity index is 1.98. The molecule has 0 aliphatic carbocycles. The van der Waals surface area contributed by atoms with E-state index in [9.17, 15) is 0 Å². The Morgan fingerprint density at radius 2 is 2.16 bits per heavy atom. The molecule has 1 fully saturated rings. The molecule has 0 amide bonds. The van der Waals surface area contributed by atoms with Crippen molar-refractivity contribution in [2.75, 3.05) is 18.9 Å². The van der Waals surface area contributed by atoms with Crippen molar-refractivity contribution in [3.63, 3.8) is 0 Å². The Morgan fingerprint density at radius 3 is 2.89 bits per heavy atom. The molecule has 0 spiro atoms. The largest absolute Gasteiger partial charge is 0.381 e. The minimum Gasteiger partial charge on any atom is -0.381 e. The maximum Gasteiger partial charge on any atom is 0.201 e. The van der Waals surface area contributed by atoms with Gasteiger partial charge in [0.25, 0.3) is 0 Å². The average Bonchev–Trinajstić information content (AvgIpc) is 2.65. The average molecular weight is 371 g/mol. The van der Waals surface area contributed by atoms with E-state index >= 15 is 0 Å². The predicted octanol–water partition coefficient (Wildman–Crippen LogP) is 3.04. The molecule has 4 nitrogen and oxygen atoms in total. The summed E-state index contributed by atoms with van der Waals surface area (Å²) in [5.41, 5.74) is 8.47. The van der Waals surface area contributed by atoms with Crippen LogP contribution >= 0.6 is 22.6 Å². The van der Waals surface area contributed by atoms with E-state index in [4.69, 9.17) is 10.5 Å². The number of hydrogen-bond acceptors (Lipinski definition) is 3. The van der Waals surface area contributed by atoms with Gasteiger partial charge < -0.3 is 15.0 Å². The number of aromatic nitrogens is 2. The van der Waals surface area contributed by atoms with Crippen LogP contribution in [0, 0.1) is 8.99 Å². The van der Waals surface area contributed by atoms with Gasteiger partial charge in [0.05, 0.1) is 11.0 Å². The summed E-state index contributed by atoms with van der Waals surface area (Å²) in [6.07, 6.45) is 2.16. The van der Waals surface area contributed by atoms with Crippen molar-refractivity contribution in [3.8, 4) is 0 Å². The van der Waals surface area contributed by atoms with E-state index in [-0.39, 0.29) is 5.41 Å². The molecule has 0 unspecified atom stereocenters. The summed E-state index contributed by atoms with van der Waals surface area (Å²) in [4.78, 5) is 4.48. The molecule has 2 aromatic rings. The number of ether oxygens (including phenoxy) is 1. The molecule has 0 saturated carbocycles. The minimum absolute atomic E-state index is 0.253. The zero-order valence-corrected chi connectivity index (χ0v) is 13.2. The van der Waals surface area contributed by atoms with Gasteiger partial charge in [-0.3, -0.25) is 0 Å². The predicted molar refractivity (Wildman–Crippen MR) is 85.0 cm³/mol. The smallest absolute Gasteiger partial charge is 0.201 e. The summed E-state index contributed by atoms with van der Waals surface area (Å²) in [6.45, 7) is 4.93. The topological polar surface area (TPSA) is 53.1 Å². The standard InChI is InChI=1S/C14H18IN3O/c1-14(4-6-19-7-5-14)9-18-12-3-2-10(15)8-11(12)17-13(18)16/h2-3,8H,4-7,9H2,1H3,(H2,16,17).